The molecule has 1 aliphatic heterocycles. The number of hydrogen-bond acceptors (Lipinski definition) is 2. The molecule has 2 N–H and O–H groups in total. The highest BCUT2D eigenvalue weighted by atomic mass is 19.1. The Morgan fingerprint density at radius 2 is 1.61 bits per heavy atom. The fourth-order valence-electron chi connectivity index (χ4n) is 2.64. The number of benzene rings is 1. The zero-order valence-corrected chi connectivity index (χ0v) is 11.0. The first-order valence-electron chi connectivity index (χ1n) is 7.00. The number of hydrogen-bond donors (Lipinski definition) is 1. The summed E-state index contributed by atoms with van der Waals surface area (Å²) in [5.74, 6) is 0. The third-order valence-electron chi connectivity index (χ3n) is 3.69. The van der Waals surface area contributed by atoms with Gasteiger partial charge in [0.1, 0.15) is 6.67 Å². The maximum Gasteiger partial charge on any atom is 0.115 e. The predicted molar refractivity (Wildman–Crippen MR) is 75.6 cm³/mol. The van der Waals surface area contributed by atoms with Crippen LogP contribution in [0.5, 0.6) is 0 Å². The number of halogens is 1. The largest absolute Gasteiger partial charge is 0.397 e. The number of anilines is 2. The van der Waals surface area contributed by atoms with Gasteiger partial charge in [-0.15, -0.1) is 0 Å². The van der Waals surface area contributed by atoms with E-state index >= 15 is 0 Å². The summed E-state index contributed by atoms with van der Waals surface area (Å²) < 4.78 is 12.6. The smallest absolute Gasteiger partial charge is 0.115 e. The van der Waals surface area contributed by atoms with E-state index in [4.69, 9.17) is 5.73 Å². The quantitative estimate of drug-likeness (QED) is 0.807. The summed E-state index contributed by atoms with van der Waals surface area (Å²) >= 11 is 0. The molecule has 1 heterocycles. The van der Waals surface area contributed by atoms with Crippen molar-refractivity contribution in [3.05, 3.63) is 23.8 Å². The van der Waals surface area contributed by atoms with E-state index in [0.29, 0.717) is 11.3 Å². The minimum Gasteiger partial charge on any atom is -0.397 e. The number of nitrogens with two attached hydrogens (primary N) is 1. The Bertz CT molecular complexity index is 369. The van der Waals surface area contributed by atoms with Crippen LogP contribution in [0.4, 0.5) is 15.8 Å². The summed E-state index contributed by atoms with van der Waals surface area (Å²) in [6.07, 6.45) is 7.76. The van der Waals surface area contributed by atoms with Crippen LogP contribution in [0.25, 0.3) is 0 Å². The minimum atomic E-state index is -0.440. The van der Waals surface area contributed by atoms with Crippen molar-refractivity contribution in [2.45, 2.75) is 45.2 Å². The lowest BCUT2D eigenvalue weighted by molar-refractivity contribution is 0.485. The van der Waals surface area contributed by atoms with Gasteiger partial charge in [0.2, 0.25) is 0 Å². The Labute approximate surface area is 109 Å². The molecule has 1 aromatic carbocycles. The molecule has 3 heteroatoms. The molecule has 2 rings (SSSR count). The third-order valence-corrected chi connectivity index (χ3v) is 3.69. The van der Waals surface area contributed by atoms with Gasteiger partial charge in [-0.25, -0.2) is 4.39 Å². The topological polar surface area (TPSA) is 29.3 Å². The molecule has 1 aromatic rings. The van der Waals surface area contributed by atoms with Crippen molar-refractivity contribution >= 4 is 11.4 Å². The van der Waals surface area contributed by atoms with Crippen molar-refractivity contribution in [1.29, 1.82) is 0 Å². The van der Waals surface area contributed by atoms with Crippen molar-refractivity contribution in [2.24, 2.45) is 0 Å². The second-order valence-corrected chi connectivity index (χ2v) is 5.14. The molecule has 0 radical (unpaired) electrons. The highest BCUT2D eigenvalue weighted by Crippen LogP contribution is 2.26. The molecule has 0 bridgehead atoms. The van der Waals surface area contributed by atoms with Crippen LogP contribution in [-0.4, -0.2) is 13.1 Å². The molecular weight excluding hydrogens is 227 g/mol. The third kappa shape index (κ3) is 3.37. The first-order valence-corrected chi connectivity index (χ1v) is 7.00. The van der Waals surface area contributed by atoms with Crippen molar-refractivity contribution in [2.75, 3.05) is 23.7 Å². The van der Waals surface area contributed by atoms with Gasteiger partial charge in [-0.05, 0) is 30.5 Å². The molecule has 0 spiro atoms. The van der Waals surface area contributed by atoms with Crippen molar-refractivity contribution in [3.63, 3.8) is 0 Å². The number of rotatable bonds is 2. The van der Waals surface area contributed by atoms with Crippen LogP contribution in [0.15, 0.2) is 18.2 Å². The highest BCUT2D eigenvalue weighted by Gasteiger charge is 2.11. The van der Waals surface area contributed by atoms with Gasteiger partial charge in [-0.2, -0.15) is 0 Å². The molecule has 0 aliphatic carbocycles. The molecule has 0 amide bonds. The summed E-state index contributed by atoms with van der Waals surface area (Å²) in [5, 5.41) is 0. The number of alkyl halides is 1. The average Bonchev–Trinajstić information content (AvgIpc) is 2.52. The fourth-order valence-corrected chi connectivity index (χ4v) is 2.64. The molecule has 1 fully saturated rings. The number of nitrogens with zero attached hydrogens (tertiary/aromatic N) is 1. The zero-order chi connectivity index (χ0) is 12.8. The first kappa shape index (κ1) is 13.2. The van der Waals surface area contributed by atoms with Gasteiger partial charge in [0.25, 0.3) is 0 Å². The van der Waals surface area contributed by atoms with E-state index in [1.165, 1.54) is 38.5 Å². The van der Waals surface area contributed by atoms with Crippen LogP contribution < -0.4 is 10.6 Å². The molecule has 100 valence electrons. The van der Waals surface area contributed by atoms with Gasteiger partial charge in [0.05, 0.1) is 11.4 Å². The average molecular weight is 250 g/mol. The maximum atomic E-state index is 12.6. The molecular formula is C15H23FN2. The van der Waals surface area contributed by atoms with Crippen LogP contribution in [0.3, 0.4) is 0 Å². The van der Waals surface area contributed by atoms with Gasteiger partial charge in [0.15, 0.2) is 0 Å². The van der Waals surface area contributed by atoms with Gasteiger partial charge >= 0.3 is 0 Å². The van der Waals surface area contributed by atoms with Crippen LogP contribution in [0, 0.1) is 0 Å². The Hall–Kier alpha value is -1.25. The standard InChI is InChI=1S/C15H23FN2/c16-12-13-7-8-15(14(17)11-13)18-9-5-3-1-2-4-6-10-18/h7-8,11H,1-6,9-10,12,17H2. The maximum absolute atomic E-state index is 12.6. The van der Waals surface area contributed by atoms with Crippen LogP contribution in [-0.2, 0) is 6.67 Å². The van der Waals surface area contributed by atoms with Crippen LogP contribution in [0.2, 0.25) is 0 Å². The second-order valence-electron chi connectivity index (χ2n) is 5.14. The van der Waals surface area contributed by atoms with E-state index < -0.39 is 6.67 Å². The van der Waals surface area contributed by atoms with Gasteiger partial charge < -0.3 is 10.6 Å². The molecule has 18 heavy (non-hydrogen) atoms. The van der Waals surface area contributed by atoms with Crippen molar-refractivity contribution in [3.8, 4) is 0 Å². The minimum absolute atomic E-state index is 0.440. The van der Waals surface area contributed by atoms with Gasteiger partial charge in [0, 0.05) is 13.1 Å². The Morgan fingerprint density at radius 3 is 2.17 bits per heavy atom. The summed E-state index contributed by atoms with van der Waals surface area (Å²) in [6, 6.07) is 5.59. The normalized spacial score (nSPS) is 17.9. The molecule has 0 unspecified atom stereocenters. The summed E-state index contributed by atoms with van der Waals surface area (Å²) in [4.78, 5) is 2.36. The van der Waals surface area contributed by atoms with Crippen molar-refractivity contribution < 1.29 is 4.39 Å². The van der Waals surface area contributed by atoms with Gasteiger partial charge in [-0.3, -0.25) is 0 Å². The molecule has 0 saturated carbocycles. The Kier molecular flexibility index (Phi) is 4.85. The van der Waals surface area contributed by atoms with Gasteiger partial charge in [-0.1, -0.05) is 31.7 Å². The van der Waals surface area contributed by atoms with E-state index in [9.17, 15) is 4.39 Å². The van der Waals surface area contributed by atoms with E-state index in [1.807, 2.05) is 12.1 Å². The summed E-state index contributed by atoms with van der Waals surface area (Å²) in [5.41, 5.74) is 8.51. The zero-order valence-electron chi connectivity index (χ0n) is 11.0. The number of nitrogen functional groups attached to an aromatic ring is 1. The van der Waals surface area contributed by atoms with Crippen LogP contribution >= 0.6 is 0 Å². The monoisotopic (exact) mass is 250 g/mol. The second kappa shape index (κ2) is 6.62. The summed E-state index contributed by atoms with van der Waals surface area (Å²) in [7, 11) is 0. The molecule has 1 aliphatic rings. The molecule has 0 atom stereocenters. The highest BCUT2D eigenvalue weighted by molar-refractivity contribution is 5.68. The fraction of sp³-hybridized carbons (Fsp3) is 0.600. The Balaban J connectivity index is 2.11. The lowest BCUT2D eigenvalue weighted by atomic mass is 10.1. The molecule has 1 saturated heterocycles. The van der Waals surface area contributed by atoms with E-state index in [2.05, 4.69) is 4.90 Å². The molecule has 2 nitrogen and oxygen atoms in total. The Morgan fingerprint density at radius 1 is 1.00 bits per heavy atom. The van der Waals surface area contributed by atoms with Crippen LogP contribution in [0.1, 0.15) is 44.1 Å². The first-order chi connectivity index (χ1) is 8.81. The lowest BCUT2D eigenvalue weighted by Crippen LogP contribution is -2.26. The SMILES string of the molecule is Nc1cc(CF)ccc1N1CCCCCCCC1. The van der Waals surface area contributed by atoms with Crippen molar-refractivity contribution in [1.82, 2.24) is 0 Å². The van der Waals surface area contributed by atoms with E-state index in [0.717, 1.165) is 18.8 Å². The molecule has 0 aromatic heterocycles. The predicted octanol–water partition coefficient (Wildman–Crippen LogP) is 3.90. The van der Waals surface area contributed by atoms with E-state index in [1.54, 1.807) is 6.07 Å². The summed E-state index contributed by atoms with van der Waals surface area (Å²) in [6.45, 7) is 1.70. The lowest BCUT2D eigenvalue weighted by Gasteiger charge is -2.26. The van der Waals surface area contributed by atoms with E-state index in [-0.39, 0.29) is 0 Å².